The molecule has 0 bridgehead atoms. The molecule has 0 aliphatic carbocycles. The summed E-state index contributed by atoms with van der Waals surface area (Å²) in [5.74, 6) is 0.162. The van der Waals surface area contributed by atoms with Crippen LogP contribution in [0, 0.1) is 5.41 Å². The van der Waals surface area contributed by atoms with E-state index in [1.807, 2.05) is 18.2 Å². The number of benzene rings is 1. The third-order valence-corrected chi connectivity index (χ3v) is 3.90. The maximum Gasteiger partial charge on any atom is 0.220 e. The quantitative estimate of drug-likeness (QED) is 0.866. The topological polar surface area (TPSA) is 38.3 Å². The molecule has 1 aromatic carbocycles. The van der Waals surface area contributed by atoms with Gasteiger partial charge in [-0.2, -0.15) is 0 Å². The first-order chi connectivity index (χ1) is 8.64. The van der Waals surface area contributed by atoms with Crippen LogP contribution in [0.4, 0.5) is 0 Å². The lowest BCUT2D eigenvalue weighted by Gasteiger charge is -2.30. The van der Waals surface area contributed by atoms with Crippen molar-refractivity contribution in [3.05, 3.63) is 35.9 Å². The molecule has 3 heteroatoms. The van der Waals surface area contributed by atoms with Gasteiger partial charge in [-0.3, -0.25) is 4.79 Å². The van der Waals surface area contributed by atoms with E-state index in [0.29, 0.717) is 13.0 Å². The summed E-state index contributed by atoms with van der Waals surface area (Å²) in [5, 5.41) is 3.11. The predicted octanol–water partition coefficient (Wildman–Crippen LogP) is 2.16. The fraction of sp³-hybridized carbons (Fsp3) is 0.533. The van der Waals surface area contributed by atoms with Gasteiger partial charge in [0.15, 0.2) is 0 Å². The molecule has 0 saturated carbocycles. The van der Waals surface area contributed by atoms with Crippen LogP contribution in [0.5, 0.6) is 0 Å². The zero-order valence-corrected chi connectivity index (χ0v) is 11.1. The van der Waals surface area contributed by atoms with Crippen molar-refractivity contribution in [2.75, 3.05) is 13.7 Å². The van der Waals surface area contributed by atoms with Crippen LogP contribution in [-0.2, 0) is 16.0 Å². The molecule has 1 heterocycles. The van der Waals surface area contributed by atoms with Crippen molar-refractivity contribution in [3.8, 4) is 0 Å². The van der Waals surface area contributed by atoms with Gasteiger partial charge < -0.3 is 10.1 Å². The summed E-state index contributed by atoms with van der Waals surface area (Å²) in [4.78, 5) is 11.7. The van der Waals surface area contributed by atoms with E-state index in [4.69, 9.17) is 4.74 Å². The van der Waals surface area contributed by atoms with Crippen molar-refractivity contribution in [1.82, 2.24) is 5.32 Å². The molecule has 2 unspecified atom stereocenters. The van der Waals surface area contributed by atoms with Crippen molar-refractivity contribution >= 4 is 5.91 Å². The Morgan fingerprint density at radius 1 is 1.39 bits per heavy atom. The molecular formula is C15H21NO2. The van der Waals surface area contributed by atoms with E-state index in [-0.39, 0.29) is 17.4 Å². The van der Waals surface area contributed by atoms with E-state index in [1.165, 1.54) is 5.56 Å². The average molecular weight is 247 g/mol. The summed E-state index contributed by atoms with van der Waals surface area (Å²) in [7, 11) is 1.71. The van der Waals surface area contributed by atoms with Crippen LogP contribution < -0.4 is 5.32 Å². The lowest BCUT2D eigenvalue weighted by atomic mass is 9.77. The molecule has 98 valence electrons. The molecule has 1 amide bonds. The highest BCUT2D eigenvalue weighted by molar-refractivity contribution is 5.80. The van der Waals surface area contributed by atoms with Crippen molar-refractivity contribution in [3.63, 3.8) is 0 Å². The molecule has 1 saturated heterocycles. The van der Waals surface area contributed by atoms with Crippen LogP contribution in [-0.4, -0.2) is 25.7 Å². The van der Waals surface area contributed by atoms with Gasteiger partial charge in [0.2, 0.25) is 5.91 Å². The maximum absolute atomic E-state index is 11.7. The van der Waals surface area contributed by atoms with Gasteiger partial charge in [-0.1, -0.05) is 37.3 Å². The van der Waals surface area contributed by atoms with E-state index in [0.717, 1.165) is 12.8 Å². The second kappa shape index (κ2) is 5.53. The van der Waals surface area contributed by atoms with Gasteiger partial charge in [0, 0.05) is 26.2 Å². The Hall–Kier alpha value is -1.35. The number of hydrogen-bond acceptors (Lipinski definition) is 2. The standard InChI is InChI=1S/C15H21NO2/c1-15(8-9-18-2)11-14(17)16-13(15)10-12-6-4-3-5-7-12/h3-7,13H,8-11H2,1-2H3,(H,16,17). The molecule has 1 aliphatic rings. The van der Waals surface area contributed by atoms with Crippen molar-refractivity contribution in [2.45, 2.75) is 32.2 Å². The second-order valence-corrected chi connectivity index (χ2v) is 5.38. The van der Waals surface area contributed by atoms with Gasteiger partial charge >= 0.3 is 0 Å². The number of amides is 1. The smallest absolute Gasteiger partial charge is 0.220 e. The molecule has 2 atom stereocenters. The van der Waals surface area contributed by atoms with E-state index in [9.17, 15) is 4.79 Å². The van der Waals surface area contributed by atoms with E-state index < -0.39 is 0 Å². The molecule has 1 aromatic rings. The van der Waals surface area contributed by atoms with E-state index >= 15 is 0 Å². The molecule has 18 heavy (non-hydrogen) atoms. The number of carbonyl (C=O) groups is 1. The zero-order valence-electron chi connectivity index (χ0n) is 11.1. The molecule has 1 fully saturated rings. The van der Waals surface area contributed by atoms with Gasteiger partial charge in [-0.15, -0.1) is 0 Å². The minimum absolute atomic E-state index is 0.00291. The number of carbonyl (C=O) groups excluding carboxylic acids is 1. The number of rotatable bonds is 5. The highest BCUT2D eigenvalue weighted by Gasteiger charge is 2.42. The number of methoxy groups -OCH3 is 1. The second-order valence-electron chi connectivity index (χ2n) is 5.38. The number of nitrogens with one attached hydrogen (secondary N) is 1. The third-order valence-electron chi connectivity index (χ3n) is 3.90. The molecular weight excluding hydrogens is 226 g/mol. The molecule has 0 aromatic heterocycles. The van der Waals surface area contributed by atoms with Crippen LogP contribution in [0.2, 0.25) is 0 Å². The van der Waals surface area contributed by atoms with E-state index in [1.54, 1.807) is 7.11 Å². The molecule has 2 rings (SSSR count). The van der Waals surface area contributed by atoms with Crippen molar-refractivity contribution < 1.29 is 9.53 Å². The van der Waals surface area contributed by atoms with Gasteiger partial charge in [-0.05, 0) is 23.8 Å². The lowest BCUT2D eigenvalue weighted by molar-refractivity contribution is -0.119. The number of ether oxygens (including phenoxy) is 1. The Balaban J connectivity index is 2.07. The first-order valence-corrected chi connectivity index (χ1v) is 6.46. The number of hydrogen-bond donors (Lipinski definition) is 1. The van der Waals surface area contributed by atoms with Crippen LogP contribution in [0.3, 0.4) is 0 Å². The Bertz CT molecular complexity index is 404. The molecule has 1 aliphatic heterocycles. The first-order valence-electron chi connectivity index (χ1n) is 6.46. The van der Waals surface area contributed by atoms with Gasteiger partial charge in [-0.25, -0.2) is 0 Å². The third kappa shape index (κ3) is 2.91. The Labute approximate surface area is 109 Å². The summed E-state index contributed by atoms with van der Waals surface area (Å²) in [5.41, 5.74) is 1.27. The van der Waals surface area contributed by atoms with Gasteiger partial charge in [0.25, 0.3) is 0 Å². The summed E-state index contributed by atoms with van der Waals surface area (Å²) in [6, 6.07) is 10.5. The van der Waals surface area contributed by atoms with Gasteiger partial charge in [0.1, 0.15) is 0 Å². The summed E-state index contributed by atoms with van der Waals surface area (Å²) >= 11 is 0. The first kappa shape index (κ1) is 13.1. The normalized spacial score (nSPS) is 27.2. The SMILES string of the molecule is COCCC1(C)CC(=O)NC1Cc1ccccc1. The van der Waals surface area contributed by atoms with Crippen molar-refractivity contribution in [2.24, 2.45) is 5.41 Å². The summed E-state index contributed by atoms with van der Waals surface area (Å²) in [6.07, 6.45) is 2.42. The Morgan fingerprint density at radius 3 is 2.78 bits per heavy atom. The molecule has 0 radical (unpaired) electrons. The minimum Gasteiger partial charge on any atom is -0.385 e. The largest absolute Gasteiger partial charge is 0.385 e. The van der Waals surface area contributed by atoms with E-state index in [2.05, 4.69) is 24.4 Å². The monoisotopic (exact) mass is 247 g/mol. The van der Waals surface area contributed by atoms with Crippen LogP contribution >= 0.6 is 0 Å². The average Bonchev–Trinajstić information content (AvgIpc) is 2.63. The fourth-order valence-corrected chi connectivity index (χ4v) is 2.65. The fourth-order valence-electron chi connectivity index (χ4n) is 2.65. The van der Waals surface area contributed by atoms with Gasteiger partial charge in [0.05, 0.1) is 0 Å². The minimum atomic E-state index is 0.00291. The lowest BCUT2D eigenvalue weighted by Crippen LogP contribution is -2.37. The Morgan fingerprint density at radius 2 is 2.11 bits per heavy atom. The Kier molecular flexibility index (Phi) is 4.02. The highest BCUT2D eigenvalue weighted by Crippen LogP contribution is 2.36. The zero-order chi connectivity index (χ0) is 13.0. The van der Waals surface area contributed by atoms with Crippen LogP contribution in [0.15, 0.2) is 30.3 Å². The highest BCUT2D eigenvalue weighted by atomic mass is 16.5. The summed E-state index contributed by atoms with van der Waals surface area (Å²) < 4.78 is 5.16. The molecule has 0 spiro atoms. The molecule has 1 N–H and O–H groups in total. The van der Waals surface area contributed by atoms with Crippen molar-refractivity contribution in [1.29, 1.82) is 0 Å². The molecule has 3 nitrogen and oxygen atoms in total. The van der Waals surface area contributed by atoms with Crippen LogP contribution in [0.1, 0.15) is 25.3 Å². The summed E-state index contributed by atoms with van der Waals surface area (Å²) in [6.45, 7) is 2.88. The predicted molar refractivity (Wildman–Crippen MR) is 71.3 cm³/mol. The maximum atomic E-state index is 11.7. The van der Waals surface area contributed by atoms with Crippen LogP contribution in [0.25, 0.3) is 0 Å².